The van der Waals surface area contributed by atoms with Crippen LogP contribution in [0.3, 0.4) is 0 Å². The molecule has 1 aromatic heterocycles. The van der Waals surface area contributed by atoms with E-state index in [2.05, 4.69) is 29.3 Å². The molecule has 2 rings (SSSR count). The van der Waals surface area contributed by atoms with E-state index in [-0.39, 0.29) is 0 Å². The molecule has 0 radical (unpaired) electrons. The lowest BCUT2D eigenvalue weighted by molar-refractivity contribution is 0.353. The zero-order valence-electron chi connectivity index (χ0n) is 8.79. The average molecular weight is 195 g/mol. The lowest BCUT2D eigenvalue weighted by Crippen LogP contribution is -2.08. The Morgan fingerprint density at radius 3 is 3.07 bits per heavy atom. The third-order valence-corrected chi connectivity index (χ3v) is 2.48. The molecule has 1 atom stereocenters. The smallest absolute Gasteiger partial charge is 0.231 e. The summed E-state index contributed by atoms with van der Waals surface area (Å²) < 4.78 is 5.25. The van der Waals surface area contributed by atoms with Crippen molar-refractivity contribution in [3.8, 4) is 0 Å². The van der Waals surface area contributed by atoms with Crippen molar-refractivity contribution in [1.29, 1.82) is 0 Å². The van der Waals surface area contributed by atoms with Crippen LogP contribution >= 0.6 is 0 Å². The molecule has 0 aliphatic carbocycles. The van der Waals surface area contributed by atoms with Crippen LogP contribution in [0.2, 0.25) is 0 Å². The van der Waals surface area contributed by atoms with E-state index in [4.69, 9.17) is 4.52 Å². The molecule has 4 heteroatoms. The number of rotatable bonds is 3. The number of nitrogens with zero attached hydrogens (tertiary/aromatic N) is 2. The van der Waals surface area contributed by atoms with Crippen molar-refractivity contribution in [2.75, 3.05) is 13.1 Å². The fourth-order valence-corrected chi connectivity index (χ4v) is 1.75. The topological polar surface area (TPSA) is 51.0 Å². The van der Waals surface area contributed by atoms with Crippen molar-refractivity contribution in [3.63, 3.8) is 0 Å². The Morgan fingerprint density at radius 1 is 1.57 bits per heavy atom. The Balaban J connectivity index is 2.01. The van der Waals surface area contributed by atoms with Gasteiger partial charge in [0.2, 0.25) is 5.89 Å². The van der Waals surface area contributed by atoms with Crippen LogP contribution in [0, 0.1) is 5.92 Å². The van der Waals surface area contributed by atoms with Crippen molar-refractivity contribution in [1.82, 2.24) is 15.5 Å². The van der Waals surface area contributed by atoms with Gasteiger partial charge >= 0.3 is 0 Å². The van der Waals surface area contributed by atoms with Crippen LogP contribution in [-0.2, 0) is 6.42 Å². The zero-order valence-corrected chi connectivity index (χ0v) is 8.79. The second kappa shape index (κ2) is 4.09. The summed E-state index contributed by atoms with van der Waals surface area (Å²) in [6.07, 6.45) is 2.02. The largest absolute Gasteiger partial charge is 0.339 e. The maximum atomic E-state index is 5.25. The highest BCUT2D eigenvalue weighted by Crippen LogP contribution is 2.20. The molecular weight excluding hydrogens is 178 g/mol. The van der Waals surface area contributed by atoms with E-state index < -0.39 is 0 Å². The minimum Gasteiger partial charge on any atom is -0.339 e. The van der Waals surface area contributed by atoms with Gasteiger partial charge in [0.05, 0.1) is 5.92 Å². The monoisotopic (exact) mass is 195 g/mol. The number of nitrogens with one attached hydrogen (secondary N) is 1. The maximum Gasteiger partial charge on any atom is 0.231 e. The van der Waals surface area contributed by atoms with Crippen LogP contribution in [0.15, 0.2) is 4.52 Å². The average Bonchev–Trinajstić information content (AvgIpc) is 2.69. The molecule has 0 unspecified atom stereocenters. The van der Waals surface area contributed by atoms with Gasteiger partial charge < -0.3 is 9.84 Å². The van der Waals surface area contributed by atoms with E-state index in [1.54, 1.807) is 0 Å². The van der Waals surface area contributed by atoms with Crippen molar-refractivity contribution in [2.24, 2.45) is 5.92 Å². The zero-order chi connectivity index (χ0) is 9.97. The lowest BCUT2D eigenvalue weighted by Gasteiger charge is -1.99. The Kier molecular flexibility index (Phi) is 2.82. The molecule has 2 heterocycles. The molecule has 1 N–H and O–H groups in total. The van der Waals surface area contributed by atoms with E-state index >= 15 is 0 Å². The van der Waals surface area contributed by atoms with E-state index in [0.717, 1.165) is 37.6 Å². The summed E-state index contributed by atoms with van der Waals surface area (Å²) in [6.45, 7) is 6.36. The van der Waals surface area contributed by atoms with Crippen molar-refractivity contribution in [3.05, 3.63) is 11.7 Å². The van der Waals surface area contributed by atoms with E-state index in [0.29, 0.717) is 11.8 Å². The minimum absolute atomic E-state index is 0.434. The number of aromatic nitrogens is 2. The minimum atomic E-state index is 0.434. The maximum absolute atomic E-state index is 5.25. The van der Waals surface area contributed by atoms with Gasteiger partial charge in [-0.05, 0) is 18.9 Å². The van der Waals surface area contributed by atoms with E-state index in [1.165, 1.54) is 0 Å². The van der Waals surface area contributed by atoms with Crippen LogP contribution in [0.25, 0.3) is 0 Å². The standard InChI is InChI=1S/C10H17N3O/c1-7(2)5-9-12-10(14-13-9)8-3-4-11-6-8/h7-8,11H,3-6H2,1-2H3/t8-/m0/s1. The summed E-state index contributed by atoms with van der Waals surface area (Å²) in [6, 6.07) is 0. The van der Waals surface area contributed by atoms with Crippen LogP contribution in [0.1, 0.15) is 37.9 Å². The summed E-state index contributed by atoms with van der Waals surface area (Å²) in [5, 5.41) is 7.28. The third kappa shape index (κ3) is 2.12. The highest BCUT2D eigenvalue weighted by atomic mass is 16.5. The molecule has 1 aromatic rings. The lowest BCUT2D eigenvalue weighted by atomic mass is 10.1. The molecule has 0 saturated carbocycles. The summed E-state index contributed by atoms with van der Waals surface area (Å²) in [5.41, 5.74) is 0. The summed E-state index contributed by atoms with van der Waals surface area (Å²) in [5.74, 6) is 2.68. The first-order chi connectivity index (χ1) is 6.75. The molecule has 0 bridgehead atoms. The SMILES string of the molecule is CC(C)Cc1noc([C@H]2CCNC2)n1. The van der Waals surface area contributed by atoms with Gasteiger partial charge in [0, 0.05) is 13.0 Å². The summed E-state index contributed by atoms with van der Waals surface area (Å²) >= 11 is 0. The Hall–Kier alpha value is -0.900. The van der Waals surface area contributed by atoms with Crippen LogP contribution in [-0.4, -0.2) is 23.2 Å². The normalized spacial score (nSPS) is 22.1. The van der Waals surface area contributed by atoms with Gasteiger partial charge in [-0.2, -0.15) is 4.98 Å². The molecule has 1 aliphatic rings. The van der Waals surface area contributed by atoms with Crippen LogP contribution < -0.4 is 5.32 Å². The van der Waals surface area contributed by atoms with Crippen molar-refractivity contribution >= 4 is 0 Å². The molecule has 78 valence electrons. The molecule has 1 saturated heterocycles. The van der Waals surface area contributed by atoms with Gasteiger partial charge in [0.1, 0.15) is 0 Å². The first kappa shape index (κ1) is 9.65. The summed E-state index contributed by atoms with van der Waals surface area (Å²) in [7, 11) is 0. The van der Waals surface area contributed by atoms with Gasteiger partial charge in [0.15, 0.2) is 5.82 Å². The molecule has 0 spiro atoms. The van der Waals surface area contributed by atoms with Crippen LogP contribution in [0.4, 0.5) is 0 Å². The van der Waals surface area contributed by atoms with E-state index in [9.17, 15) is 0 Å². The van der Waals surface area contributed by atoms with Gasteiger partial charge in [-0.1, -0.05) is 19.0 Å². The Bertz CT molecular complexity index is 289. The molecule has 0 aromatic carbocycles. The van der Waals surface area contributed by atoms with Crippen molar-refractivity contribution in [2.45, 2.75) is 32.6 Å². The Morgan fingerprint density at radius 2 is 2.43 bits per heavy atom. The number of hydrogen-bond acceptors (Lipinski definition) is 4. The molecule has 4 nitrogen and oxygen atoms in total. The first-order valence-electron chi connectivity index (χ1n) is 5.29. The highest BCUT2D eigenvalue weighted by Gasteiger charge is 2.22. The summed E-state index contributed by atoms with van der Waals surface area (Å²) in [4.78, 5) is 4.41. The highest BCUT2D eigenvalue weighted by molar-refractivity contribution is 4.98. The Labute approximate surface area is 84.1 Å². The van der Waals surface area contributed by atoms with Crippen LogP contribution in [0.5, 0.6) is 0 Å². The van der Waals surface area contributed by atoms with Gasteiger partial charge in [-0.25, -0.2) is 0 Å². The van der Waals surface area contributed by atoms with E-state index in [1.807, 2.05) is 0 Å². The predicted octanol–water partition coefficient (Wildman–Crippen LogP) is 1.34. The fraction of sp³-hybridized carbons (Fsp3) is 0.800. The second-order valence-electron chi connectivity index (χ2n) is 4.34. The quantitative estimate of drug-likeness (QED) is 0.791. The van der Waals surface area contributed by atoms with Gasteiger partial charge in [-0.3, -0.25) is 0 Å². The number of hydrogen-bond donors (Lipinski definition) is 1. The second-order valence-corrected chi connectivity index (χ2v) is 4.34. The predicted molar refractivity (Wildman–Crippen MR) is 53.1 cm³/mol. The van der Waals surface area contributed by atoms with Gasteiger partial charge in [0.25, 0.3) is 0 Å². The molecule has 14 heavy (non-hydrogen) atoms. The molecule has 1 fully saturated rings. The fourth-order valence-electron chi connectivity index (χ4n) is 1.75. The first-order valence-corrected chi connectivity index (χ1v) is 5.29. The molecule has 1 aliphatic heterocycles. The van der Waals surface area contributed by atoms with Gasteiger partial charge in [-0.15, -0.1) is 0 Å². The molecular formula is C10H17N3O. The van der Waals surface area contributed by atoms with Crippen molar-refractivity contribution < 1.29 is 4.52 Å². The molecule has 0 amide bonds. The third-order valence-electron chi connectivity index (χ3n) is 2.48.